The van der Waals surface area contributed by atoms with E-state index in [2.05, 4.69) is 19.9 Å². The number of likely N-dealkylation sites (tertiary alicyclic amines) is 1. The Balaban J connectivity index is 1.59. The summed E-state index contributed by atoms with van der Waals surface area (Å²) in [6, 6.07) is 10.4. The number of hydrogen-bond donors (Lipinski definition) is 1. The largest absolute Gasteiger partial charge is 0.573 e. The molecular formula is C20H16F4N4O2. The van der Waals surface area contributed by atoms with Gasteiger partial charge in [0, 0.05) is 12.1 Å². The molecule has 4 rings (SSSR count). The predicted octanol–water partition coefficient (Wildman–Crippen LogP) is 4.49. The van der Waals surface area contributed by atoms with Crippen LogP contribution in [0.4, 0.5) is 17.6 Å². The molecule has 0 saturated carbocycles. The lowest BCUT2D eigenvalue weighted by Gasteiger charge is -2.24. The van der Waals surface area contributed by atoms with Gasteiger partial charge in [-0.15, -0.1) is 13.2 Å². The average molecular weight is 420 g/mol. The summed E-state index contributed by atoms with van der Waals surface area (Å²) < 4.78 is 55.2. The number of amides is 1. The molecule has 1 fully saturated rings. The van der Waals surface area contributed by atoms with Gasteiger partial charge in [-0.05, 0) is 49.2 Å². The van der Waals surface area contributed by atoms with Crippen molar-refractivity contribution in [3.05, 3.63) is 65.7 Å². The molecule has 1 N–H and O–H groups in total. The zero-order chi connectivity index (χ0) is 21.3. The van der Waals surface area contributed by atoms with Gasteiger partial charge in [0.05, 0.1) is 11.6 Å². The number of rotatable bonds is 4. The highest BCUT2D eigenvalue weighted by Crippen LogP contribution is 2.34. The van der Waals surface area contributed by atoms with E-state index in [-0.39, 0.29) is 11.4 Å². The van der Waals surface area contributed by atoms with E-state index in [1.807, 2.05) is 0 Å². The van der Waals surface area contributed by atoms with Crippen molar-refractivity contribution in [1.82, 2.24) is 20.1 Å². The molecule has 2 heterocycles. The number of nitrogens with one attached hydrogen (secondary N) is 1. The number of carbonyl (C=O) groups is 1. The van der Waals surface area contributed by atoms with E-state index in [1.165, 1.54) is 47.4 Å². The Bertz CT molecular complexity index is 1050. The quantitative estimate of drug-likeness (QED) is 0.632. The third-order valence-electron chi connectivity index (χ3n) is 4.78. The molecule has 1 aromatic heterocycles. The van der Waals surface area contributed by atoms with Gasteiger partial charge in [0.25, 0.3) is 5.91 Å². The minimum Gasteiger partial charge on any atom is -0.405 e. The fraction of sp³-hybridized carbons (Fsp3) is 0.250. The van der Waals surface area contributed by atoms with E-state index in [0.29, 0.717) is 36.6 Å². The molecule has 1 aliphatic heterocycles. The van der Waals surface area contributed by atoms with E-state index in [4.69, 9.17) is 0 Å². The highest BCUT2D eigenvalue weighted by molar-refractivity contribution is 5.97. The van der Waals surface area contributed by atoms with Crippen LogP contribution < -0.4 is 4.74 Å². The maximum Gasteiger partial charge on any atom is 0.573 e. The van der Waals surface area contributed by atoms with E-state index >= 15 is 0 Å². The van der Waals surface area contributed by atoms with Crippen LogP contribution in [0, 0.1) is 5.82 Å². The van der Waals surface area contributed by atoms with Crippen molar-refractivity contribution < 1.29 is 27.1 Å². The zero-order valence-electron chi connectivity index (χ0n) is 15.5. The monoisotopic (exact) mass is 420 g/mol. The summed E-state index contributed by atoms with van der Waals surface area (Å²) in [5, 5.41) is 6.91. The van der Waals surface area contributed by atoms with Gasteiger partial charge in [0.2, 0.25) is 0 Å². The van der Waals surface area contributed by atoms with Crippen LogP contribution >= 0.6 is 0 Å². The maximum atomic E-state index is 13.1. The predicted molar refractivity (Wildman–Crippen MR) is 97.9 cm³/mol. The molecule has 3 aromatic rings. The molecular weight excluding hydrogens is 404 g/mol. The molecule has 0 radical (unpaired) electrons. The number of aromatic nitrogens is 3. The zero-order valence-corrected chi connectivity index (χ0v) is 15.5. The van der Waals surface area contributed by atoms with Crippen LogP contribution in [0.2, 0.25) is 0 Å². The number of hydrogen-bond acceptors (Lipinski definition) is 4. The molecule has 10 heteroatoms. The van der Waals surface area contributed by atoms with Gasteiger partial charge < -0.3 is 9.64 Å². The first kappa shape index (κ1) is 19.9. The van der Waals surface area contributed by atoms with E-state index in [0.717, 1.165) is 6.07 Å². The number of carbonyl (C=O) groups excluding carboxylic acids is 1. The summed E-state index contributed by atoms with van der Waals surface area (Å²) in [6.07, 6.45) is -3.67. The van der Waals surface area contributed by atoms with Gasteiger partial charge in [-0.3, -0.25) is 9.89 Å². The number of alkyl halides is 3. The Labute approximate surface area is 168 Å². The SMILES string of the molecule is O=C(c1ccccc1OC(F)(F)F)N1CCC[C@H]1c1nc(-c2ccc(F)cc2)n[nH]1. The van der Waals surface area contributed by atoms with Gasteiger partial charge >= 0.3 is 6.36 Å². The van der Waals surface area contributed by atoms with Crippen molar-refractivity contribution in [3.63, 3.8) is 0 Å². The third kappa shape index (κ3) is 4.12. The summed E-state index contributed by atoms with van der Waals surface area (Å²) in [5.74, 6) is -0.774. The molecule has 6 nitrogen and oxygen atoms in total. The molecule has 1 saturated heterocycles. The summed E-state index contributed by atoms with van der Waals surface area (Å²) in [4.78, 5) is 18.9. The minimum atomic E-state index is -4.91. The summed E-state index contributed by atoms with van der Waals surface area (Å²) in [5.41, 5.74) is 0.415. The van der Waals surface area contributed by atoms with Crippen molar-refractivity contribution in [2.75, 3.05) is 6.54 Å². The van der Waals surface area contributed by atoms with Crippen molar-refractivity contribution in [2.45, 2.75) is 25.2 Å². The van der Waals surface area contributed by atoms with Crippen molar-refractivity contribution in [2.24, 2.45) is 0 Å². The van der Waals surface area contributed by atoms with Crippen LogP contribution in [0.25, 0.3) is 11.4 Å². The fourth-order valence-electron chi connectivity index (χ4n) is 3.46. The second kappa shape index (κ2) is 7.77. The third-order valence-corrected chi connectivity index (χ3v) is 4.78. The van der Waals surface area contributed by atoms with Gasteiger partial charge in [-0.2, -0.15) is 5.10 Å². The summed E-state index contributed by atoms with van der Waals surface area (Å²) in [6.45, 7) is 0.358. The van der Waals surface area contributed by atoms with Crippen LogP contribution in [0.5, 0.6) is 5.75 Å². The van der Waals surface area contributed by atoms with Crippen LogP contribution in [0.3, 0.4) is 0 Å². The highest BCUT2D eigenvalue weighted by Gasteiger charge is 2.37. The fourth-order valence-corrected chi connectivity index (χ4v) is 3.46. The second-order valence-corrected chi connectivity index (χ2v) is 6.75. The van der Waals surface area contributed by atoms with Crippen LogP contribution in [0.15, 0.2) is 48.5 Å². The van der Waals surface area contributed by atoms with E-state index in [1.54, 1.807) is 0 Å². The van der Waals surface area contributed by atoms with Gasteiger partial charge in [-0.1, -0.05) is 12.1 Å². The lowest BCUT2D eigenvalue weighted by atomic mass is 10.1. The highest BCUT2D eigenvalue weighted by atomic mass is 19.4. The Morgan fingerprint density at radius 3 is 2.60 bits per heavy atom. The Morgan fingerprint density at radius 2 is 1.87 bits per heavy atom. The van der Waals surface area contributed by atoms with Crippen LogP contribution in [-0.2, 0) is 0 Å². The second-order valence-electron chi connectivity index (χ2n) is 6.75. The summed E-state index contributed by atoms with van der Waals surface area (Å²) >= 11 is 0. The number of halogens is 4. The number of H-pyrrole nitrogens is 1. The molecule has 2 aromatic carbocycles. The number of benzene rings is 2. The smallest absolute Gasteiger partial charge is 0.405 e. The molecule has 1 atom stereocenters. The normalized spacial score (nSPS) is 16.7. The topological polar surface area (TPSA) is 71.1 Å². The van der Waals surface area contributed by atoms with Crippen molar-refractivity contribution >= 4 is 5.91 Å². The first-order valence-corrected chi connectivity index (χ1v) is 9.16. The Hall–Kier alpha value is -3.43. The number of aromatic amines is 1. The van der Waals surface area contributed by atoms with Crippen LogP contribution in [0.1, 0.15) is 35.1 Å². The molecule has 1 aliphatic rings. The molecule has 0 bridgehead atoms. The van der Waals surface area contributed by atoms with E-state index in [9.17, 15) is 22.4 Å². The molecule has 0 unspecified atom stereocenters. The average Bonchev–Trinajstić information content (AvgIpc) is 3.37. The molecule has 1 amide bonds. The van der Waals surface area contributed by atoms with Gasteiger partial charge in [0.1, 0.15) is 17.4 Å². The van der Waals surface area contributed by atoms with Crippen molar-refractivity contribution in [1.29, 1.82) is 0 Å². The lowest BCUT2D eigenvalue weighted by Crippen LogP contribution is -2.32. The van der Waals surface area contributed by atoms with Crippen molar-refractivity contribution in [3.8, 4) is 17.1 Å². The Morgan fingerprint density at radius 1 is 1.13 bits per heavy atom. The van der Waals surface area contributed by atoms with Crippen LogP contribution in [-0.4, -0.2) is 38.9 Å². The minimum absolute atomic E-state index is 0.181. The molecule has 156 valence electrons. The molecule has 30 heavy (non-hydrogen) atoms. The summed E-state index contributed by atoms with van der Waals surface area (Å²) in [7, 11) is 0. The van der Waals surface area contributed by atoms with Gasteiger partial charge in [0.15, 0.2) is 5.82 Å². The lowest BCUT2D eigenvalue weighted by molar-refractivity contribution is -0.274. The number of para-hydroxylation sites is 1. The maximum absolute atomic E-state index is 13.1. The first-order chi connectivity index (χ1) is 14.3. The first-order valence-electron chi connectivity index (χ1n) is 9.16. The molecule has 0 spiro atoms. The van der Waals surface area contributed by atoms with E-state index < -0.39 is 24.1 Å². The Kier molecular flexibility index (Phi) is 5.15. The van der Waals surface area contributed by atoms with Gasteiger partial charge in [-0.25, -0.2) is 9.37 Å². The standard InChI is InChI=1S/C20H16F4N4O2/c21-13-9-7-12(8-10-13)17-25-18(27-26-17)15-5-3-11-28(15)19(29)14-4-1-2-6-16(14)30-20(22,23)24/h1-2,4,6-10,15H,3,5,11H2,(H,25,26,27)/t15-/m0/s1. The molecule has 0 aliphatic carbocycles. The number of ether oxygens (including phenoxy) is 1. The number of nitrogens with zero attached hydrogens (tertiary/aromatic N) is 3.